The van der Waals surface area contributed by atoms with Crippen LogP contribution in [0.4, 0.5) is 17.3 Å². The van der Waals surface area contributed by atoms with Crippen LogP contribution in [-0.4, -0.2) is 26.0 Å². The third-order valence-corrected chi connectivity index (χ3v) is 5.95. The standard InChI is InChI=1S/C21H20N6S/c1-2-6-15(5-1)24-21-19-18(26-20(27-21)14-8-11-22-12-9-14)16(13-28-19)25-17-7-3-4-10-23-17/h3-4,7-13,15H,1-2,5-6H2,(H,23,25)(H,24,26,27). The zero-order valence-electron chi connectivity index (χ0n) is 15.3. The van der Waals surface area contributed by atoms with Crippen molar-refractivity contribution in [2.45, 2.75) is 31.7 Å². The second kappa shape index (κ2) is 7.52. The van der Waals surface area contributed by atoms with Gasteiger partial charge in [0, 0.05) is 35.6 Å². The number of nitrogens with zero attached hydrogens (tertiary/aromatic N) is 4. The number of thiophene rings is 1. The highest BCUT2D eigenvalue weighted by molar-refractivity contribution is 7.18. The zero-order chi connectivity index (χ0) is 18.8. The van der Waals surface area contributed by atoms with Gasteiger partial charge in [-0.05, 0) is 37.1 Å². The van der Waals surface area contributed by atoms with Crippen LogP contribution in [0, 0.1) is 0 Å². The Morgan fingerprint density at radius 2 is 1.82 bits per heavy atom. The molecule has 5 rings (SSSR count). The average molecular weight is 389 g/mol. The van der Waals surface area contributed by atoms with Crippen molar-refractivity contribution in [3.63, 3.8) is 0 Å². The van der Waals surface area contributed by atoms with E-state index >= 15 is 0 Å². The maximum Gasteiger partial charge on any atom is 0.162 e. The topological polar surface area (TPSA) is 75.6 Å². The van der Waals surface area contributed by atoms with Gasteiger partial charge in [0.15, 0.2) is 5.82 Å². The van der Waals surface area contributed by atoms with Crippen molar-refractivity contribution in [3.8, 4) is 11.4 Å². The first kappa shape index (κ1) is 17.1. The van der Waals surface area contributed by atoms with E-state index in [9.17, 15) is 0 Å². The van der Waals surface area contributed by atoms with Crippen LogP contribution in [0.15, 0.2) is 54.3 Å². The number of pyridine rings is 2. The largest absolute Gasteiger partial charge is 0.366 e. The lowest BCUT2D eigenvalue weighted by Gasteiger charge is -2.14. The van der Waals surface area contributed by atoms with Crippen LogP contribution in [0.5, 0.6) is 0 Å². The lowest BCUT2D eigenvalue weighted by molar-refractivity contribution is 0.752. The van der Waals surface area contributed by atoms with Gasteiger partial charge in [-0.2, -0.15) is 0 Å². The van der Waals surface area contributed by atoms with Crippen LogP contribution in [-0.2, 0) is 0 Å². The number of hydrogen-bond acceptors (Lipinski definition) is 7. The summed E-state index contributed by atoms with van der Waals surface area (Å²) in [6, 6.07) is 10.2. The lowest BCUT2D eigenvalue weighted by atomic mass is 10.2. The molecule has 4 aromatic heterocycles. The molecule has 0 aromatic carbocycles. The fourth-order valence-electron chi connectivity index (χ4n) is 3.57. The molecule has 0 spiro atoms. The molecule has 140 valence electrons. The van der Waals surface area contributed by atoms with Gasteiger partial charge in [-0.3, -0.25) is 4.98 Å². The van der Waals surface area contributed by atoms with E-state index in [1.54, 1.807) is 29.9 Å². The van der Waals surface area contributed by atoms with Gasteiger partial charge in [0.25, 0.3) is 0 Å². The monoisotopic (exact) mass is 388 g/mol. The molecule has 0 unspecified atom stereocenters. The van der Waals surface area contributed by atoms with Gasteiger partial charge in [0.2, 0.25) is 0 Å². The number of anilines is 3. The van der Waals surface area contributed by atoms with Crippen molar-refractivity contribution in [1.29, 1.82) is 0 Å². The Bertz CT molecular complexity index is 1070. The Hall–Kier alpha value is -3.06. The van der Waals surface area contributed by atoms with E-state index in [0.29, 0.717) is 11.9 Å². The first-order chi connectivity index (χ1) is 13.9. The van der Waals surface area contributed by atoms with Gasteiger partial charge >= 0.3 is 0 Å². The summed E-state index contributed by atoms with van der Waals surface area (Å²) in [6.45, 7) is 0. The molecule has 4 heterocycles. The van der Waals surface area contributed by atoms with E-state index < -0.39 is 0 Å². The van der Waals surface area contributed by atoms with E-state index in [4.69, 9.17) is 9.97 Å². The summed E-state index contributed by atoms with van der Waals surface area (Å²) in [5.41, 5.74) is 2.82. The molecule has 0 radical (unpaired) electrons. The fraction of sp³-hybridized carbons (Fsp3) is 0.238. The van der Waals surface area contributed by atoms with Crippen LogP contribution in [0.1, 0.15) is 25.7 Å². The summed E-state index contributed by atoms with van der Waals surface area (Å²) < 4.78 is 1.07. The molecular formula is C21H20N6S. The molecule has 28 heavy (non-hydrogen) atoms. The van der Waals surface area contributed by atoms with Gasteiger partial charge in [-0.25, -0.2) is 15.0 Å². The number of aromatic nitrogens is 4. The van der Waals surface area contributed by atoms with Crippen LogP contribution in [0.3, 0.4) is 0 Å². The lowest BCUT2D eigenvalue weighted by Crippen LogP contribution is -2.16. The number of fused-ring (bicyclic) bond motifs is 1. The number of hydrogen-bond donors (Lipinski definition) is 2. The second-order valence-electron chi connectivity index (χ2n) is 6.92. The summed E-state index contributed by atoms with van der Waals surface area (Å²) in [7, 11) is 0. The Balaban J connectivity index is 1.60. The predicted molar refractivity (Wildman–Crippen MR) is 114 cm³/mol. The smallest absolute Gasteiger partial charge is 0.162 e. The Morgan fingerprint density at radius 1 is 0.964 bits per heavy atom. The maximum atomic E-state index is 4.88. The van der Waals surface area contributed by atoms with E-state index in [1.807, 2.05) is 30.3 Å². The molecule has 1 saturated carbocycles. The normalized spacial score (nSPS) is 14.4. The third-order valence-electron chi connectivity index (χ3n) is 4.98. The molecule has 1 aliphatic carbocycles. The predicted octanol–water partition coefficient (Wildman–Crippen LogP) is 5.25. The summed E-state index contributed by atoms with van der Waals surface area (Å²) >= 11 is 1.66. The van der Waals surface area contributed by atoms with Crippen molar-refractivity contribution in [2.24, 2.45) is 0 Å². The first-order valence-electron chi connectivity index (χ1n) is 9.51. The van der Waals surface area contributed by atoms with E-state index in [1.165, 1.54) is 25.7 Å². The zero-order valence-corrected chi connectivity index (χ0v) is 16.1. The Kier molecular flexibility index (Phi) is 4.58. The van der Waals surface area contributed by atoms with Crippen molar-refractivity contribution in [1.82, 2.24) is 19.9 Å². The molecule has 0 saturated heterocycles. The minimum Gasteiger partial charge on any atom is -0.366 e. The van der Waals surface area contributed by atoms with Crippen molar-refractivity contribution in [3.05, 3.63) is 54.3 Å². The molecule has 4 aromatic rings. The van der Waals surface area contributed by atoms with Crippen molar-refractivity contribution in [2.75, 3.05) is 10.6 Å². The van der Waals surface area contributed by atoms with E-state index in [2.05, 4.69) is 26.0 Å². The third kappa shape index (κ3) is 3.41. The maximum absolute atomic E-state index is 4.88. The molecule has 7 heteroatoms. The molecule has 0 bridgehead atoms. The SMILES string of the molecule is c1ccc(Nc2csc3c(NC4CCCC4)nc(-c4ccncc4)nc23)nc1. The van der Waals surface area contributed by atoms with Crippen LogP contribution in [0.25, 0.3) is 21.6 Å². The quantitative estimate of drug-likeness (QED) is 0.486. The molecular weight excluding hydrogens is 368 g/mol. The van der Waals surface area contributed by atoms with Crippen molar-refractivity contribution < 1.29 is 0 Å². The highest BCUT2D eigenvalue weighted by atomic mass is 32.1. The van der Waals surface area contributed by atoms with Crippen LogP contribution >= 0.6 is 11.3 Å². The Labute approximate surface area is 167 Å². The molecule has 1 fully saturated rings. The van der Waals surface area contributed by atoms with Gasteiger partial charge in [-0.1, -0.05) is 18.9 Å². The summed E-state index contributed by atoms with van der Waals surface area (Å²) in [5, 5.41) is 9.15. The van der Waals surface area contributed by atoms with Crippen molar-refractivity contribution >= 4 is 38.9 Å². The Morgan fingerprint density at radius 3 is 2.61 bits per heavy atom. The summed E-state index contributed by atoms with van der Waals surface area (Å²) in [5.74, 6) is 2.43. The molecule has 6 nitrogen and oxygen atoms in total. The van der Waals surface area contributed by atoms with E-state index in [-0.39, 0.29) is 0 Å². The second-order valence-corrected chi connectivity index (χ2v) is 7.80. The van der Waals surface area contributed by atoms with E-state index in [0.717, 1.165) is 33.1 Å². The summed E-state index contributed by atoms with van der Waals surface area (Å²) in [4.78, 5) is 18.2. The van der Waals surface area contributed by atoms with Gasteiger partial charge < -0.3 is 10.6 Å². The minimum absolute atomic E-state index is 0.484. The molecule has 0 aliphatic heterocycles. The fourth-order valence-corrected chi connectivity index (χ4v) is 4.46. The van der Waals surface area contributed by atoms with Crippen LogP contribution < -0.4 is 10.6 Å². The molecule has 1 aliphatic rings. The number of rotatable bonds is 5. The highest BCUT2D eigenvalue weighted by Gasteiger charge is 2.20. The van der Waals surface area contributed by atoms with Gasteiger partial charge in [0.1, 0.15) is 17.2 Å². The summed E-state index contributed by atoms with van der Waals surface area (Å²) in [6.07, 6.45) is 10.3. The van der Waals surface area contributed by atoms with Gasteiger partial charge in [-0.15, -0.1) is 11.3 Å². The average Bonchev–Trinajstić information content (AvgIpc) is 3.40. The molecule has 0 amide bonds. The molecule has 0 atom stereocenters. The first-order valence-corrected chi connectivity index (χ1v) is 10.4. The minimum atomic E-state index is 0.484. The van der Waals surface area contributed by atoms with Crippen LogP contribution in [0.2, 0.25) is 0 Å². The molecule has 2 N–H and O–H groups in total. The number of nitrogens with one attached hydrogen (secondary N) is 2. The highest BCUT2D eigenvalue weighted by Crippen LogP contribution is 2.37. The van der Waals surface area contributed by atoms with Gasteiger partial charge in [0.05, 0.1) is 10.4 Å².